The van der Waals surface area contributed by atoms with Gasteiger partial charge in [-0.05, 0) is 25.7 Å². The number of hydrogen-bond donors (Lipinski definition) is 2. The number of carbonyl (C=O) groups excluding carboxylic acids is 1. The molecule has 2 saturated heterocycles. The first-order valence-corrected chi connectivity index (χ1v) is 6.57. The fourth-order valence-electron chi connectivity index (χ4n) is 2.61. The van der Waals surface area contributed by atoms with Crippen LogP contribution in [-0.4, -0.2) is 60.1 Å². The molecule has 0 aliphatic carbocycles. The quantitative estimate of drug-likeness (QED) is 0.703. The van der Waals surface area contributed by atoms with E-state index in [0.717, 1.165) is 32.4 Å². The number of rotatable bonds is 4. The molecule has 101 valence electrons. The second-order valence-corrected chi connectivity index (χ2v) is 4.93. The Bertz CT molecular complexity index is 316. The van der Waals surface area contributed by atoms with Crippen LogP contribution >= 0.6 is 0 Å². The summed E-state index contributed by atoms with van der Waals surface area (Å²) in [5, 5.41) is 16.5. The highest BCUT2D eigenvalue weighted by atomic mass is 16.4. The topological polar surface area (TPSA) is 83.7 Å². The zero-order valence-corrected chi connectivity index (χ0v) is 10.5. The summed E-state index contributed by atoms with van der Waals surface area (Å²) >= 11 is 0. The van der Waals surface area contributed by atoms with E-state index in [1.165, 1.54) is 4.90 Å². The van der Waals surface area contributed by atoms with Gasteiger partial charge in [0.25, 0.3) is 0 Å². The highest BCUT2D eigenvalue weighted by molar-refractivity contribution is 5.85. The third-order valence-electron chi connectivity index (χ3n) is 3.62. The summed E-state index contributed by atoms with van der Waals surface area (Å²) < 4.78 is 0. The molecule has 2 heterocycles. The summed E-state index contributed by atoms with van der Waals surface area (Å²) in [5.41, 5.74) is 0. The molecule has 0 aromatic rings. The predicted molar refractivity (Wildman–Crippen MR) is 65.3 cm³/mol. The summed E-state index contributed by atoms with van der Waals surface area (Å²) in [7, 11) is 0. The minimum Gasteiger partial charge on any atom is -0.480 e. The van der Waals surface area contributed by atoms with Crippen molar-refractivity contribution < 1.29 is 14.7 Å². The minimum absolute atomic E-state index is 0.106. The molecular weight excluding hydrogens is 234 g/mol. The van der Waals surface area contributed by atoms with Gasteiger partial charge in [0.2, 0.25) is 5.91 Å². The van der Waals surface area contributed by atoms with Crippen molar-refractivity contribution in [2.45, 2.75) is 37.8 Å². The molecule has 0 spiro atoms. The number of carboxylic acids is 1. The van der Waals surface area contributed by atoms with Crippen molar-refractivity contribution >= 4 is 11.9 Å². The molecule has 2 rings (SSSR count). The van der Waals surface area contributed by atoms with E-state index in [2.05, 4.69) is 10.6 Å². The maximum Gasteiger partial charge on any atom is 0.326 e. The largest absolute Gasteiger partial charge is 0.480 e. The van der Waals surface area contributed by atoms with E-state index in [1.54, 1.807) is 0 Å². The van der Waals surface area contributed by atoms with Gasteiger partial charge in [-0.15, -0.1) is 0 Å². The maximum atomic E-state index is 12.0. The number of carbonyl (C=O) groups is 2. The molecule has 0 aromatic heterocycles. The Hall–Kier alpha value is -1.14. The zero-order valence-electron chi connectivity index (χ0n) is 10.5. The van der Waals surface area contributed by atoms with Crippen LogP contribution in [0.2, 0.25) is 0 Å². The number of carboxylic acid groups (broad SMARTS) is 1. The van der Waals surface area contributed by atoms with Crippen LogP contribution in [0.25, 0.3) is 0 Å². The Morgan fingerprint density at radius 2 is 2.17 bits per heavy atom. The van der Waals surface area contributed by atoms with Gasteiger partial charge in [-0.25, -0.2) is 10.1 Å². The third kappa shape index (κ3) is 3.20. The first kappa shape index (κ1) is 13.3. The van der Waals surface area contributed by atoms with E-state index in [1.807, 2.05) is 0 Å². The van der Waals surface area contributed by atoms with Crippen molar-refractivity contribution in [2.75, 3.05) is 26.2 Å². The van der Waals surface area contributed by atoms with Gasteiger partial charge < -0.3 is 15.3 Å². The lowest BCUT2D eigenvalue weighted by Gasteiger charge is -2.25. The Morgan fingerprint density at radius 1 is 1.33 bits per heavy atom. The van der Waals surface area contributed by atoms with Gasteiger partial charge in [-0.1, -0.05) is 0 Å². The molecule has 2 N–H and O–H groups in total. The molecule has 6 nitrogen and oxygen atoms in total. The highest BCUT2D eigenvalue weighted by Crippen LogP contribution is 2.17. The molecule has 0 bridgehead atoms. The van der Waals surface area contributed by atoms with Gasteiger partial charge >= 0.3 is 5.97 Å². The standard InChI is InChI=1S/C12H20N3O3/c16-11(8-14-9-3-1-5-13-7-9)15-6-2-4-10(15)12(17)18/h9-10,14H,1-8H2,(H,17,18). The smallest absolute Gasteiger partial charge is 0.326 e. The maximum absolute atomic E-state index is 12.0. The van der Waals surface area contributed by atoms with Crippen molar-refractivity contribution in [3.05, 3.63) is 0 Å². The van der Waals surface area contributed by atoms with Crippen LogP contribution in [0.3, 0.4) is 0 Å². The van der Waals surface area contributed by atoms with E-state index in [9.17, 15) is 9.59 Å². The third-order valence-corrected chi connectivity index (χ3v) is 3.62. The number of likely N-dealkylation sites (tertiary alicyclic amines) is 1. The molecule has 18 heavy (non-hydrogen) atoms. The summed E-state index contributed by atoms with van der Waals surface area (Å²) in [6.45, 7) is 2.46. The lowest BCUT2D eigenvalue weighted by Crippen LogP contribution is -2.48. The van der Waals surface area contributed by atoms with Crippen molar-refractivity contribution in [1.82, 2.24) is 15.5 Å². The molecule has 2 fully saturated rings. The molecular formula is C12H20N3O3. The number of amides is 1. The number of nitrogens with one attached hydrogen (secondary N) is 1. The molecule has 2 aliphatic rings. The summed E-state index contributed by atoms with van der Waals surface area (Å²) in [6.07, 6.45) is 3.45. The lowest BCUT2D eigenvalue weighted by molar-refractivity contribution is -0.147. The molecule has 2 atom stereocenters. The summed E-state index contributed by atoms with van der Waals surface area (Å²) in [5.74, 6) is -1.00. The van der Waals surface area contributed by atoms with E-state index < -0.39 is 12.0 Å². The predicted octanol–water partition coefficient (Wildman–Crippen LogP) is -0.582. The van der Waals surface area contributed by atoms with Crippen LogP contribution in [0, 0.1) is 0 Å². The Morgan fingerprint density at radius 3 is 2.83 bits per heavy atom. The van der Waals surface area contributed by atoms with E-state index in [4.69, 9.17) is 5.11 Å². The fourth-order valence-corrected chi connectivity index (χ4v) is 2.61. The highest BCUT2D eigenvalue weighted by Gasteiger charge is 2.33. The van der Waals surface area contributed by atoms with Gasteiger partial charge in [0, 0.05) is 25.7 Å². The Kier molecular flexibility index (Phi) is 4.54. The average Bonchev–Trinajstić information content (AvgIpc) is 2.86. The van der Waals surface area contributed by atoms with Crippen LogP contribution in [0.5, 0.6) is 0 Å². The number of piperidine rings is 1. The minimum atomic E-state index is -0.895. The Labute approximate surface area is 107 Å². The van der Waals surface area contributed by atoms with Crippen molar-refractivity contribution in [3.8, 4) is 0 Å². The molecule has 2 aliphatic heterocycles. The average molecular weight is 254 g/mol. The molecule has 2 unspecified atom stereocenters. The van der Waals surface area contributed by atoms with E-state index in [0.29, 0.717) is 13.0 Å². The van der Waals surface area contributed by atoms with Crippen LogP contribution in [0.1, 0.15) is 25.7 Å². The van der Waals surface area contributed by atoms with Crippen LogP contribution in [-0.2, 0) is 9.59 Å². The lowest BCUT2D eigenvalue weighted by atomic mass is 10.1. The van der Waals surface area contributed by atoms with Gasteiger partial charge in [0.05, 0.1) is 6.54 Å². The SMILES string of the molecule is O=C(O)C1CCCN1C(=O)CNC1CCC[N]C1. The summed E-state index contributed by atoms with van der Waals surface area (Å²) in [6, 6.07) is -0.357. The number of aliphatic carboxylic acids is 1. The van der Waals surface area contributed by atoms with Crippen LogP contribution in [0.4, 0.5) is 0 Å². The van der Waals surface area contributed by atoms with Crippen LogP contribution in [0.15, 0.2) is 0 Å². The second-order valence-electron chi connectivity index (χ2n) is 4.93. The van der Waals surface area contributed by atoms with E-state index in [-0.39, 0.29) is 18.5 Å². The molecule has 6 heteroatoms. The first-order valence-electron chi connectivity index (χ1n) is 6.57. The molecule has 1 amide bonds. The van der Waals surface area contributed by atoms with Crippen molar-refractivity contribution in [1.29, 1.82) is 0 Å². The van der Waals surface area contributed by atoms with Crippen molar-refractivity contribution in [3.63, 3.8) is 0 Å². The Balaban J connectivity index is 1.78. The fraction of sp³-hybridized carbons (Fsp3) is 0.833. The first-order chi connectivity index (χ1) is 8.68. The number of hydrogen-bond acceptors (Lipinski definition) is 3. The molecule has 0 saturated carbocycles. The number of nitrogens with zero attached hydrogens (tertiary/aromatic N) is 2. The van der Waals surface area contributed by atoms with Gasteiger partial charge in [-0.2, -0.15) is 0 Å². The monoisotopic (exact) mass is 254 g/mol. The molecule has 1 radical (unpaired) electrons. The van der Waals surface area contributed by atoms with Gasteiger partial charge in [0.1, 0.15) is 6.04 Å². The zero-order chi connectivity index (χ0) is 13.0. The normalized spacial score (nSPS) is 28.3. The van der Waals surface area contributed by atoms with Crippen molar-refractivity contribution in [2.24, 2.45) is 0 Å². The van der Waals surface area contributed by atoms with Gasteiger partial charge in [0.15, 0.2) is 0 Å². The van der Waals surface area contributed by atoms with Gasteiger partial charge in [-0.3, -0.25) is 4.79 Å². The van der Waals surface area contributed by atoms with Crippen LogP contribution < -0.4 is 10.6 Å². The van der Waals surface area contributed by atoms with E-state index >= 15 is 0 Å². The summed E-state index contributed by atoms with van der Waals surface area (Å²) in [4.78, 5) is 24.4. The molecule has 0 aromatic carbocycles. The second kappa shape index (κ2) is 6.15.